The Hall–Kier alpha value is -3.72. The van der Waals surface area contributed by atoms with E-state index >= 15 is 0 Å². The predicted molar refractivity (Wildman–Crippen MR) is 166 cm³/mol. The standard InChI is InChI=1S/C33H39ClFN5O3/c1-33(2,3)43-32(42)40-17-15-22(16-18-40)30(41)37-26-11-13-27(14-12-26)38-31-36-20-28(34)29(39-31)24-6-4-5-23(19-24)21-7-9-25(35)10-8-21/h4-10,19-20,22,26-27H,11-18H2,1-3H3,(H,37,41)(H,36,38,39)/t26-,27-. The lowest BCUT2D eigenvalue weighted by molar-refractivity contribution is -0.127. The molecule has 2 N–H and O–H groups in total. The van der Waals surface area contributed by atoms with Crippen molar-refractivity contribution in [3.8, 4) is 22.4 Å². The highest BCUT2D eigenvalue weighted by Crippen LogP contribution is 2.31. The average molecular weight is 608 g/mol. The van der Waals surface area contributed by atoms with Gasteiger partial charge >= 0.3 is 6.09 Å². The molecule has 0 radical (unpaired) electrons. The number of nitrogens with one attached hydrogen (secondary N) is 2. The number of carbonyl (C=O) groups excluding carboxylic acids is 2. The summed E-state index contributed by atoms with van der Waals surface area (Å²) < 4.78 is 18.8. The number of hydrogen-bond acceptors (Lipinski definition) is 6. The van der Waals surface area contributed by atoms with Gasteiger partial charge in [0.05, 0.1) is 16.9 Å². The van der Waals surface area contributed by atoms with E-state index in [0.29, 0.717) is 42.6 Å². The lowest BCUT2D eigenvalue weighted by Gasteiger charge is -2.34. The molecule has 8 nitrogen and oxygen atoms in total. The highest BCUT2D eigenvalue weighted by molar-refractivity contribution is 6.32. The van der Waals surface area contributed by atoms with Crippen LogP contribution in [0.25, 0.3) is 22.4 Å². The molecule has 2 aliphatic rings. The highest BCUT2D eigenvalue weighted by atomic mass is 35.5. The van der Waals surface area contributed by atoms with Crippen molar-refractivity contribution in [3.05, 3.63) is 65.6 Å². The molecule has 1 saturated heterocycles. The number of piperidine rings is 1. The van der Waals surface area contributed by atoms with Crippen molar-refractivity contribution in [2.45, 2.75) is 77.0 Å². The highest BCUT2D eigenvalue weighted by Gasteiger charge is 2.31. The van der Waals surface area contributed by atoms with Gasteiger partial charge in [-0.05, 0) is 88.6 Å². The van der Waals surface area contributed by atoms with Crippen LogP contribution in [-0.4, -0.2) is 57.6 Å². The Morgan fingerprint density at radius 1 is 0.930 bits per heavy atom. The molecule has 2 aromatic carbocycles. The number of hydrogen-bond donors (Lipinski definition) is 2. The maximum Gasteiger partial charge on any atom is 0.410 e. The number of aromatic nitrogens is 2. The molecule has 5 rings (SSSR count). The van der Waals surface area contributed by atoms with Gasteiger partial charge in [-0.25, -0.2) is 19.2 Å². The van der Waals surface area contributed by atoms with Crippen molar-refractivity contribution >= 4 is 29.5 Å². The lowest BCUT2D eigenvalue weighted by atomic mass is 9.90. The third kappa shape index (κ3) is 8.22. The smallest absolute Gasteiger partial charge is 0.410 e. The van der Waals surface area contributed by atoms with Crippen molar-refractivity contribution in [2.24, 2.45) is 5.92 Å². The maximum absolute atomic E-state index is 13.4. The van der Waals surface area contributed by atoms with Crippen LogP contribution in [0.2, 0.25) is 5.02 Å². The minimum atomic E-state index is -0.529. The van der Waals surface area contributed by atoms with Crippen LogP contribution < -0.4 is 10.6 Å². The van der Waals surface area contributed by atoms with Gasteiger partial charge in [-0.1, -0.05) is 41.9 Å². The van der Waals surface area contributed by atoms with Gasteiger partial charge in [-0.15, -0.1) is 0 Å². The fraction of sp³-hybridized carbons (Fsp3) is 0.455. The first-order chi connectivity index (χ1) is 20.5. The van der Waals surface area contributed by atoms with Crippen LogP contribution in [0.5, 0.6) is 0 Å². The number of likely N-dealkylation sites (tertiary alicyclic amines) is 1. The first kappa shape index (κ1) is 30.7. The quantitative estimate of drug-likeness (QED) is 0.311. The normalized spacial score (nSPS) is 19.5. The van der Waals surface area contributed by atoms with Gasteiger partial charge in [0.2, 0.25) is 11.9 Å². The fourth-order valence-corrected chi connectivity index (χ4v) is 5.86. The van der Waals surface area contributed by atoms with Crippen molar-refractivity contribution in [2.75, 3.05) is 18.4 Å². The van der Waals surface area contributed by atoms with Crippen LogP contribution in [-0.2, 0) is 9.53 Å². The van der Waals surface area contributed by atoms with Gasteiger partial charge in [-0.3, -0.25) is 4.79 Å². The van der Waals surface area contributed by atoms with Crippen LogP contribution in [0, 0.1) is 11.7 Å². The van der Waals surface area contributed by atoms with Gasteiger partial charge in [0.1, 0.15) is 11.4 Å². The molecule has 1 aromatic heterocycles. The van der Waals surface area contributed by atoms with Gasteiger partial charge in [0.25, 0.3) is 0 Å². The minimum Gasteiger partial charge on any atom is -0.444 e. The molecule has 0 atom stereocenters. The Morgan fingerprint density at radius 3 is 2.26 bits per heavy atom. The second-order valence-electron chi connectivity index (χ2n) is 12.4. The molecule has 228 valence electrons. The van der Waals surface area contributed by atoms with Crippen molar-refractivity contribution < 1.29 is 18.7 Å². The molecule has 1 aliphatic carbocycles. The van der Waals surface area contributed by atoms with E-state index in [1.165, 1.54) is 12.1 Å². The Labute approximate surface area is 257 Å². The molecule has 2 fully saturated rings. The molecule has 2 amide bonds. The van der Waals surface area contributed by atoms with E-state index in [4.69, 9.17) is 21.3 Å². The summed E-state index contributed by atoms with van der Waals surface area (Å²) in [6.45, 7) is 6.62. The summed E-state index contributed by atoms with van der Waals surface area (Å²) in [5.74, 6) is 0.227. The number of carbonyl (C=O) groups is 2. The number of rotatable bonds is 6. The van der Waals surface area contributed by atoms with Crippen molar-refractivity contribution in [1.29, 1.82) is 0 Å². The van der Waals surface area contributed by atoms with Crippen molar-refractivity contribution in [3.63, 3.8) is 0 Å². The summed E-state index contributed by atoms with van der Waals surface area (Å²) in [5, 5.41) is 7.15. The zero-order chi connectivity index (χ0) is 30.6. The topological polar surface area (TPSA) is 96.5 Å². The molecular formula is C33H39ClFN5O3. The molecule has 3 aromatic rings. The molecule has 0 unspecified atom stereocenters. The summed E-state index contributed by atoms with van der Waals surface area (Å²) in [6, 6.07) is 14.5. The largest absolute Gasteiger partial charge is 0.444 e. The van der Waals surface area contributed by atoms with Crippen LogP contribution in [0.15, 0.2) is 54.7 Å². The lowest BCUT2D eigenvalue weighted by Crippen LogP contribution is -2.47. The second kappa shape index (κ2) is 13.3. The van der Waals surface area contributed by atoms with E-state index < -0.39 is 5.60 Å². The van der Waals surface area contributed by atoms with Gasteiger partial charge < -0.3 is 20.3 Å². The molecule has 1 aliphatic heterocycles. The molecule has 1 saturated carbocycles. The number of ether oxygens (including phenoxy) is 1. The van der Waals surface area contributed by atoms with Crippen molar-refractivity contribution in [1.82, 2.24) is 20.2 Å². The Morgan fingerprint density at radius 2 is 1.58 bits per heavy atom. The third-order valence-electron chi connectivity index (χ3n) is 7.98. The fourth-order valence-electron chi connectivity index (χ4n) is 5.66. The SMILES string of the molecule is CC(C)(C)OC(=O)N1CCC(C(=O)N[C@H]2CC[C@H](Nc3ncc(Cl)c(-c4cccc(-c5ccc(F)cc5)c4)n3)CC2)CC1. The molecule has 0 bridgehead atoms. The Kier molecular flexibility index (Phi) is 9.49. The zero-order valence-corrected chi connectivity index (χ0v) is 25.7. The van der Waals surface area contributed by atoms with Crippen LogP contribution in [0.1, 0.15) is 59.3 Å². The van der Waals surface area contributed by atoms with E-state index in [1.807, 2.05) is 45.0 Å². The van der Waals surface area contributed by atoms with Gasteiger partial charge in [0, 0.05) is 36.7 Å². The summed E-state index contributed by atoms with van der Waals surface area (Å²) in [5.41, 5.74) is 2.79. The van der Waals surface area contributed by atoms with Gasteiger partial charge in [0.15, 0.2) is 0 Å². The average Bonchev–Trinajstić information content (AvgIpc) is 2.99. The number of benzene rings is 2. The number of nitrogens with zero attached hydrogens (tertiary/aromatic N) is 3. The minimum absolute atomic E-state index is 0.0776. The third-order valence-corrected chi connectivity index (χ3v) is 8.26. The molecule has 10 heteroatoms. The van der Waals surface area contributed by atoms with E-state index in [2.05, 4.69) is 15.6 Å². The Bertz CT molecular complexity index is 1430. The summed E-state index contributed by atoms with van der Waals surface area (Å²) in [7, 11) is 0. The molecule has 43 heavy (non-hydrogen) atoms. The monoisotopic (exact) mass is 607 g/mol. The first-order valence-electron chi connectivity index (χ1n) is 15.0. The summed E-state index contributed by atoms with van der Waals surface area (Å²) >= 11 is 6.50. The predicted octanol–water partition coefficient (Wildman–Crippen LogP) is 7.09. The number of halogens is 2. The molecule has 0 spiro atoms. The van der Waals surface area contributed by atoms with E-state index in [-0.39, 0.29) is 35.8 Å². The molecule has 2 heterocycles. The number of anilines is 1. The van der Waals surface area contributed by atoms with Crippen LogP contribution in [0.3, 0.4) is 0 Å². The number of amides is 2. The summed E-state index contributed by atoms with van der Waals surface area (Å²) in [4.78, 5) is 36.1. The van der Waals surface area contributed by atoms with Crippen LogP contribution >= 0.6 is 11.6 Å². The van der Waals surface area contributed by atoms with Gasteiger partial charge in [-0.2, -0.15) is 0 Å². The van der Waals surface area contributed by atoms with Crippen LogP contribution in [0.4, 0.5) is 15.1 Å². The van der Waals surface area contributed by atoms with E-state index in [0.717, 1.165) is 42.4 Å². The Balaban J connectivity index is 1.12. The zero-order valence-electron chi connectivity index (χ0n) is 24.9. The second-order valence-corrected chi connectivity index (χ2v) is 12.8. The summed E-state index contributed by atoms with van der Waals surface area (Å²) in [6.07, 6.45) is 6.06. The van der Waals surface area contributed by atoms with E-state index in [1.54, 1.807) is 23.2 Å². The maximum atomic E-state index is 13.4. The first-order valence-corrected chi connectivity index (χ1v) is 15.4. The molecular weight excluding hydrogens is 569 g/mol. The van der Waals surface area contributed by atoms with E-state index in [9.17, 15) is 14.0 Å².